The van der Waals surface area contributed by atoms with Gasteiger partial charge in [0.2, 0.25) is 5.91 Å². The summed E-state index contributed by atoms with van der Waals surface area (Å²) < 4.78 is 0. The minimum atomic E-state index is -0.259. The normalized spacial score (nSPS) is 11.9. The molecule has 0 aliphatic rings. The van der Waals surface area contributed by atoms with Crippen LogP contribution in [-0.4, -0.2) is 18.5 Å². The van der Waals surface area contributed by atoms with E-state index >= 15 is 0 Å². The zero-order valence-electron chi connectivity index (χ0n) is 11.0. The molecule has 4 heteroatoms. The highest BCUT2D eigenvalue weighted by atomic mass is 35.5. The number of carbonyl (C=O) groups excluding carboxylic acids is 1. The lowest BCUT2D eigenvalue weighted by atomic mass is 10.2. The standard InChI is InChI=1S/C14H21ClN2O/c1-3-4-5-9-16-14(18)11(2)17-13-8-6-7-12(15)10-13/h6-8,10-11,17H,3-5,9H2,1-2H3,(H,16,18). The summed E-state index contributed by atoms with van der Waals surface area (Å²) in [6, 6.07) is 7.11. The minimum absolute atomic E-state index is 0.0195. The molecule has 1 aromatic carbocycles. The van der Waals surface area contributed by atoms with Crippen LogP contribution in [0.5, 0.6) is 0 Å². The van der Waals surface area contributed by atoms with Crippen molar-refractivity contribution < 1.29 is 4.79 Å². The van der Waals surface area contributed by atoms with E-state index in [9.17, 15) is 4.79 Å². The van der Waals surface area contributed by atoms with Gasteiger partial charge >= 0.3 is 0 Å². The van der Waals surface area contributed by atoms with Gasteiger partial charge in [0.15, 0.2) is 0 Å². The average molecular weight is 269 g/mol. The molecule has 1 atom stereocenters. The summed E-state index contributed by atoms with van der Waals surface area (Å²) >= 11 is 5.89. The van der Waals surface area contributed by atoms with Gasteiger partial charge in [-0.2, -0.15) is 0 Å². The second-order valence-electron chi connectivity index (χ2n) is 4.37. The first kappa shape index (κ1) is 14.8. The van der Waals surface area contributed by atoms with E-state index in [1.807, 2.05) is 31.2 Å². The molecular weight excluding hydrogens is 248 g/mol. The van der Waals surface area contributed by atoms with E-state index in [4.69, 9.17) is 11.6 Å². The van der Waals surface area contributed by atoms with Crippen molar-refractivity contribution >= 4 is 23.2 Å². The number of hydrogen-bond donors (Lipinski definition) is 2. The van der Waals surface area contributed by atoms with Crippen LogP contribution in [0.2, 0.25) is 5.02 Å². The Morgan fingerprint density at radius 2 is 2.17 bits per heavy atom. The monoisotopic (exact) mass is 268 g/mol. The SMILES string of the molecule is CCCCCNC(=O)C(C)Nc1cccc(Cl)c1. The molecule has 1 unspecified atom stereocenters. The van der Waals surface area contributed by atoms with Crippen LogP contribution in [0.25, 0.3) is 0 Å². The van der Waals surface area contributed by atoms with Gasteiger partial charge in [-0.1, -0.05) is 37.4 Å². The van der Waals surface area contributed by atoms with Crippen molar-refractivity contribution in [2.24, 2.45) is 0 Å². The van der Waals surface area contributed by atoms with Gasteiger partial charge in [-0.05, 0) is 31.5 Å². The second kappa shape index (κ2) is 7.98. The minimum Gasteiger partial charge on any atom is -0.374 e. The molecule has 0 heterocycles. The van der Waals surface area contributed by atoms with Crippen LogP contribution in [0, 0.1) is 0 Å². The predicted octanol–water partition coefficient (Wildman–Crippen LogP) is 3.45. The van der Waals surface area contributed by atoms with E-state index in [1.54, 1.807) is 0 Å². The molecule has 0 saturated heterocycles. The van der Waals surface area contributed by atoms with E-state index < -0.39 is 0 Å². The van der Waals surface area contributed by atoms with Gasteiger partial charge < -0.3 is 10.6 Å². The number of rotatable bonds is 7. The second-order valence-corrected chi connectivity index (χ2v) is 4.81. The summed E-state index contributed by atoms with van der Waals surface area (Å²) in [5.41, 5.74) is 0.860. The Morgan fingerprint density at radius 1 is 1.39 bits per heavy atom. The lowest BCUT2D eigenvalue weighted by Crippen LogP contribution is -2.38. The van der Waals surface area contributed by atoms with Gasteiger partial charge in [-0.3, -0.25) is 4.79 Å². The van der Waals surface area contributed by atoms with Gasteiger partial charge in [0.1, 0.15) is 6.04 Å². The molecule has 0 radical (unpaired) electrons. The van der Waals surface area contributed by atoms with Crippen molar-refractivity contribution in [1.82, 2.24) is 5.32 Å². The maximum atomic E-state index is 11.8. The van der Waals surface area contributed by atoms with Gasteiger partial charge in [0.05, 0.1) is 0 Å². The summed E-state index contributed by atoms with van der Waals surface area (Å²) in [5, 5.41) is 6.71. The molecule has 18 heavy (non-hydrogen) atoms. The van der Waals surface area contributed by atoms with Crippen LogP contribution in [0.15, 0.2) is 24.3 Å². The average Bonchev–Trinajstić information content (AvgIpc) is 2.34. The van der Waals surface area contributed by atoms with Gasteiger partial charge in [0.25, 0.3) is 0 Å². The number of carbonyl (C=O) groups is 1. The molecule has 100 valence electrons. The number of hydrogen-bond acceptors (Lipinski definition) is 2. The van der Waals surface area contributed by atoms with Crippen LogP contribution in [0.3, 0.4) is 0 Å². The third-order valence-corrected chi connectivity index (χ3v) is 2.92. The first-order valence-corrected chi connectivity index (χ1v) is 6.81. The fourth-order valence-corrected chi connectivity index (χ4v) is 1.82. The third-order valence-electron chi connectivity index (χ3n) is 2.68. The molecule has 0 aliphatic carbocycles. The molecule has 0 saturated carbocycles. The first-order chi connectivity index (χ1) is 8.63. The molecule has 0 aromatic heterocycles. The molecule has 0 bridgehead atoms. The van der Waals surface area contributed by atoms with Crippen LogP contribution in [0.1, 0.15) is 33.1 Å². The largest absolute Gasteiger partial charge is 0.374 e. The maximum absolute atomic E-state index is 11.8. The van der Waals surface area contributed by atoms with Crippen molar-refractivity contribution in [3.8, 4) is 0 Å². The molecule has 1 aromatic rings. The molecule has 1 amide bonds. The number of halogens is 1. The van der Waals surface area contributed by atoms with Crippen LogP contribution in [-0.2, 0) is 4.79 Å². The number of amides is 1. The Bertz CT molecular complexity index is 382. The van der Waals surface area contributed by atoms with Crippen LogP contribution < -0.4 is 10.6 Å². The van der Waals surface area contributed by atoms with Crippen molar-refractivity contribution in [2.45, 2.75) is 39.2 Å². The van der Waals surface area contributed by atoms with E-state index in [1.165, 1.54) is 0 Å². The summed E-state index contributed by atoms with van der Waals surface area (Å²) in [7, 11) is 0. The Hall–Kier alpha value is -1.22. The number of nitrogens with one attached hydrogen (secondary N) is 2. The molecule has 0 fully saturated rings. The first-order valence-electron chi connectivity index (χ1n) is 6.43. The van der Waals surface area contributed by atoms with Crippen LogP contribution >= 0.6 is 11.6 Å². The zero-order valence-corrected chi connectivity index (χ0v) is 11.8. The lowest BCUT2D eigenvalue weighted by molar-refractivity contribution is -0.121. The fraction of sp³-hybridized carbons (Fsp3) is 0.500. The summed E-state index contributed by atoms with van der Waals surface area (Å²) in [6.45, 7) is 4.73. The lowest BCUT2D eigenvalue weighted by Gasteiger charge is -2.15. The van der Waals surface area contributed by atoms with E-state index in [0.29, 0.717) is 5.02 Å². The predicted molar refractivity (Wildman–Crippen MR) is 77.1 cm³/mol. The number of anilines is 1. The summed E-state index contributed by atoms with van der Waals surface area (Å²) in [4.78, 5) is 11.8. The molecule has 0 aliphatic heterocycles. The molecule has 3 nitrogen and oxygen atoms in total. The van der Waals surface area contributed by atoms with E-state index in [-0.39, 0.29) is 11.9 Å². The topological polar surface area (TPSA) is 41.1 Å². The van der Waals surface area contributed by atoms with Crippen molar-refractivity contribution in [2.75, 3.05) is 11.9 Å². The summed E-state index contributed by atoms with van der Waals surface area (Å²) in [6.07, 6.45) is 3.34. The Morgan fingerprint density at radius 3 is 2.83 bits per heavy atom. The molecule has 0 spiro atoms. The van der Waals surface area contributed by atoms with Crippen molar-refractivity contribution in [1.29, 1.82) is 0 Å². The smallest absolute Gasteiger partial charge is 0.242 e. The Labute approximate surface area is 114 Å². The van der Waals surface area contributed by atoms with Crippen molar-refractivity contribution in [3.63, 3.8) is 0 Å². The van der Waals surface area contributed by atoms with Gasteiger partial charge in [-0.25, -0.2) is 0 Å². The number of benzene rings is 1. The quantitative estimate of drug-likeness (QED) is 0.744. The zero-order chi connectivity index (χ0) is 13.4. The van der Waals surface area contributed by atoms with E-state index in [2.05, 4.69) is 17.6 Å². The van der Waals surface area contributed by atoms with Gasteiger partial charge in [-0.15, -0.1) is 0 Å². The highest BCUT2D eigenvalue weighted by Gasteiger charge is 2.11. The Kier molecular flexibility index (Phi) is 6.58. The van der Waals surface area contributed by atoms with E-state index in [0.717, 1.165) is 31.5 Å². The molecule has 2 N–H and O–H groups in total. The van der Waals surface area contributed by atoms with Gasteiger partial charge in [0, 0.05) is 17.3 Å². The highest BCUT2D eigenvalue weighted by molar-refractivity contribution is 6.30. The third kappa shape index (κ3) is 5.41. The summed E-state index contributed by atoms with van der Waals surface area (Å²) in [5.74, 6) is 0.0195. The molecular formula is C14H21ClN2O. The van der Waals surface area contributed by atoms with Crippen LogP contribution in [0.4, 0.5) is 5.69 Å². The van der Waals surface area contributed by atoms with Crippen molar-refractivity contribution in [3.05, 3.63) is 29.3 Å². The molecule has 1 rings (SSSR count). The maximum Gasteiger partial charge on any atom is 0.242 e. The Balaban J connectivity index is 2.35. The number of unbranched alkanes of at least 4 members (excludes halogenated alkanes) is 2. The fourth-order valence-electron chi connectivity index (χ4n) is 1.63. The highest BCUT2D eigenvalue weighted by Crippen LogP contribution is 2.15.